The third-order valence-electron chi connectivity index (χ3n) is 2.68. The molecule has 0 spiro atoms. The minimum absolute atomic E-state index is 0.869. The Bertz CT molecular complexity index is 190. The smallest absolute Gasteiger partial charge is 0.145 e. The molecule has 74 valence electrons. The highest BCUT2D eigenvalue weighted by Crippen LogP contribution is 2.34. The first-order valence-electron chi connectivity index (χ1n) is 5.14. The topological polar surface area (TPSA) is 9.23 Å². The van der Waals surface area contributed by atoms with Crippen LogP contribution in [-0.4, -0.2) is 17.6 Å². The van der Waals surface area contributed by atoms with Gasteiger partial charge in [0.1, 0.15) is 10.5 Å². The third kappa shape index (κ3) is 3.49. The molecule has 13 heavy (non-hydrogen) atoms. The lowest BCUT2D eigenvalue weighted by molar-refractivity contribution is 0.460. The minimum Gasteiger partial charge on any atom is -0.431 e. The van der Waals surface area contributed by atoms with Gasteiger partial charge in [0.05, 0.1) is 0 Å². The van der Waals surface area contributed by atoms with Crippen molar-refractivity contribution >= 4 is 10.5 Å². The summed E-state index contributed by atoms with van der Waals surface area (Å²) in [5.41, 5.74) is 1.69. The van der Waals surface area contributed by atoms with Gasteiger partial charge in [0.25, 0.3) is 0 Å². The zero-order valence-electron chi connectivity index (χ0n) is 8.75. The van der Waals surface area contributed by atoms with Crippen LogP contribution in [0.5, 0.6) is 0 Å². The Morgan fingerprint density at radius 2 is 2.00 bits per heavy atom. The van der Waals surface area contributed by atoms with Gasteiger partial charge in [-0.15, -0.1) is 0 Å². The number of rotatable bonds is 1. The number of hydrogen-bond donors (Lipinski definition) is 0. The summed E-state index contributed by atoms with van der Waals surface area (Å²) in [6, 6.07) is 0. The molecular weight excluding hydrogens is 176 g/mol. The van der Waals surface area contributed by atoms with Crippen molar-refractivity contribution in [3.05, 3.63) is 23.8 Å². The number of hydrogen-bond acceptors (Lipinski definition) is 1. The molecule has 2 rings (SSSR count). The second-order valence-electron chi connectivity index (χ2n) is 3.76. The van der Waals surface area contributed by atoms with Crippen molar-refractivity contribution in [1.82, 2.24) is 0 Å². The van der Waals surface area contributed by atoms with Gasteiger partial charge in [-0.25, -0.2) is 0 Å². The van der Waals surface area contributed by atoms with E-state index in [-0.39, 0.29) is 0 Å². The molecule has 0 aromatic rings. The summed E-state index contributed by atoms with van der Waals surface area (Å²) >= 11 is 0. The van der Waals surface area contributed by atoms with E-state index in [2.05, 4.69) is 22.7 Å². The van der Waals surface area contributed by atoms with Crippen LogP contribution in [-0.2, 0) is 4.43 Å². The molecule has 2 aliphatic carbocycles. The van der Waals surface area contributed by atoms with Crippen LogP contribution >= 0.6 is 0 Å². The Balaban J connectivity index is 0.000000251. The summed E-state index contributed by atoms with van der Waals surface area (Å²) in [4.78, 5) is 0. The van der Waals surface area contributed by atoms with Crippen molar-refractivity contribution in [3.8, 4) is 0 Å². The fourth-order valence-electron chi connectivity index (χ4n) is 2.06. The second kappa shape index (κ2) is 6.16. The molecular formula is C11H20OSi. The fraction of sp³-hybridized carbons (Fsp3) is 0.636. The van der Waals surface area contributed by atoms with Crippen molar-refractivity contribution in [3.63, 3.8) is 0 Å². The Morgan fingerprint density at radius 1 is 1.38 bits per heavy atom. The maximum absolute atomic E-state index is 4.39. The Kier molecular flexibility index (Phi) is 5.09. The molecule has 0 radical (unpaired) electrons. The summed E-state index contributed by atoms with van der Waals surface area (Å²) in [5.74, 6) is 0.954. The van der Waals surface area contributed by atoms with E-state index in [0.29, 0.717) is 0 Å². The highest BCUT2D eigenvalue weighted by Gasteiger charge is 2.18. The van der Waals surface area contributed by atoms with Crippen LogP contribution in [0.15, 0.2) is 23.8 Å². The van der Waals surface area contributed by atoms with Crippen molar-refractivity contribution in [1.29, 1.82) is 0 Å². The van der Waals surface area contributed by atoms with Gasteiger partial charge in [0.2, 0.25) is 0 Å². The van der Waals surface area contributed by atoms with Crippen LogP contribution < -0.4 is 0 Å². The van der Waals surface area contributed by atoms with Crippen LogP contribution in [0, 0.1) is 5.92 Å². The lowest BCUT2D eigenvalue weighted by atomic mass is 9.97. The van der Waals surface area contributed by atoms with Gasteiger partial charge in [-0.1, -0.05) is 36.6 Å². The normalized spacial score (nSPS) is 21.5. The molecule has 0 N–H and O–H groups in total. The maximum Gasteiger partial charge on any atom is 0.145 e. The summed E-state index contributed by atoms with van der Waals surface area (Å²) in [7, 11) is 2.56. The maximum atomic E-state index is 4.39. The minimum atomic E-state index is 0.869. The zero-order chi connectivity index (χ0) is 9.52. The van der Waals surface area contributed by atoms with Crippen molar-refractivity contribution in [2.24, 2.45) is 5.92 Å². The van der Waals surface area contributed by atoms with Crippen LogP contribution in [0.3, 0.4) is 0 Å². The average molecular weight is 196 g/mol. The van der Waals surface area contributed by atoms with Gasteiger partial charge in [-0.2, -0.15) is 0 Å². The van der Waals surface area contributed by atoms with Crippen molar-refractivity contribution in [2.75, 3.05) is 7.11 Å². The molecule has 1 saturated carbocycles. The van der Waals surface area contributed by atoms with Gasteiger partial charge in [-0.05, 0) is 25.2 Å². The highest BCUT2D eigenvalue weighted by molar-refractivity contribution is 5.97. The summed E-state index contributed by atoms with van der Waals surface area (Å²) < 4.78 is 4.39. The van der Waals surface area contributed by atoms with Gasteiger partial charge >= 0.3 is 0 Å². The summed E-state index contributed by atoms with van der Waals surface area (Å²) in [6.07, 6.45) is 13.9. The molecule has 0 unspecified atom stereocenters. The zero-order valence-corrected chi connectivity index (χ0v) is 10.8. The first-order valence-corrected chi connectivity index (χ1v) is 5.96. The molecule has 1 nitrogen and oxygen atoms in total. The average Bonchev–Trinajstić information content (AvgIpc) is 2.78. The molecule has 0 aliphatic heterocycles. The van der Waals surface area contributed by atoms with Crippen LogP contribution in [0.2, 0.25) is 0 Å². The Morgan fingerprint density at radius 3 is 2.46 bits per heavy atom. The van der Waals surface area contributed by atoms with Gasteiger partial charge in [0, 0.05) is 7.11 Å². The van der Waals surface area contributed by atoms with E-state index in [0.717, 1.165) is 16.4 Å². The van der Waals surface area contributed by atoms with E-state index in [4.69, 9.17) is 0 Å². The van der Waals surface area contributed by atoms with Gasteiger partial charge in [0.15, 0.2) is 0 Å². The lowest BCUT2D eigenvalue weighted by Gasteiger charge is -2.08. The predicted octanol–water partition coefficient (Wildman–Crippen LogP) is 1.98. The van der Waals surface area contributed by atoms with Crippen molar-refractivity contribution in [2.45, 2.75) is 32.1 Å². The van der Waals surface area contributed by atoms with Gasteiger partial charge < -0.3 is 4.43 Å². The van der Waals surface area contributed by atoms with Crippen molar-refractivity contribution < 1.29 is 4.43 Å². The standard InChI is InChI=1S/C10H14.CH6OSi/c1-2-6-9(5-1)10-7-3-4-8-10;1-2-3/h1-2,5,10H,3-4,6-8H2;1,3H3. The first kappa shape index (κ1) is 10.7. The summed E-state index contributed by atoms with van der Waals surface area (Å²) in [6.45, 7) is 0. The highest BCUT2D eigenvalue weighted by atomic mass is 28.2. The molecule has 2 aliphatic rings. The quantitative estimate of drug-likeness (QED) is 0.583. The molecule has 0 aromatic carbocycles. The van der Waals surface area contributed by atoms with Crippen LogP contribution in [0.1, 0.15) is 32.1 Å². The molecule has 0 saturated heterocycles. The molecule has 2 heteroatoms. The third-order valence-corrected chi connectivity index (χ3v) is 2.68. The SMILES string of the molecule is C1=CCC(C2CCCC2)=C1.CO[SiH3]. The predicted molar refractivity (Wildman–Crippen MR) is 60.7 cm³/mol. The van der Waals surface area contributed by atoms with Crippen LogP contribution in [0.25, 0.3) is 0 Å². The lowest BCUT2D eigenvalue weighted by Crippen LogP contribution is -1.94. The van der Waals surface area contributed by atoms with E-state index >= 15 is 0 Å². The first-order chi connectivity index (χ1) is 6.38. The molecule has 1 fully saturated rings. The Labute approximate surface area is 84.4 Å². The van der Waals surface area contributed by atoms with E-state index in [1.54, 1.807) is 12.7 Å². The number of allylic oxidation sites excluding steroid dienone is 4. The second-order valence-corrected chi connectivity index (χ2v) is 4.58. The molecule has 0 amide bonds. The monoisotopic (exact) mass is 196 g/mol. The van der Waals surface area contributed by atoms with E-state index in [1.165, 1.54) is 32.1 Å². The largest absolute Gasteiger partial charge is 0.431 e. The van der Waals surface area contributed by atoms with E-state index < -0.39 is 0 Å². The van der Waals surface area contributed by atoms with E-state index in [1.807, 2.05) is 0 Å². The molecule has 0 atom stereocenters. The Hall–Kier alpha value is -0.343. The fourth-order valence-corrected chi connectivity index (χ4v) is 2.06. The van der Waals surface area contributed by atoms with Gasteiger partial charge in [-0.3, -0.25) is 0 Å². The molecule has 0 heterocycles. The molecule has 0 aromatic heterocycles. The van der Waals surface area contributed by atoms with E-state index in [9.17, 15) is 0 Å². The summed E-state index contributed by atoms with van der Waals surface area (Å²) in [5, 5.41) is 0. The molecule has 0 bridgehead atoms. The van der Waals surface area contributed by atoms with Crippen LogP contribution in [0.4, 0.5) is 0 Å².